The second-order valence-corrected chi connectivity index (χ2v) is 4.08. The summed E-state index contributed by atoms with van der Waals surface area (Å²) in [5, 5.41) is 0. The Kier molecular flexibility index (Phi) is 3.62. The Hall–Kier alpha value is -2.30. The Morgan fingerprint density at radius 2 is 1.78 bits per heavy atom. The maximum absolute atomic E-state index is 4.33. The molecule has 0 unspecified atom stereocenters. The molecule has 0 aliphatic carbocycles. The Labute approximate surface area is 106 Å². The fourth-order valence-electron chi connectivity index (χ4n) is 1.41. The smallest absolute Gasteiger partial charge is 0.254 e. The summed E-state index contributed by atoms with van der Waals surface area (Å²) in [6, 6.07) is 9.81. The van der Waals surface area contributed by atoms with Gasteiger partial charge in [-0.2, -0.15) is 9.97 Å². The third-order valence-electron chi connectivity index (χ3n) is 2.17. The highest BCUT2D eigenvalue weighted by atomic mass is 15.2. The van der Waals surface area contributed by atoms with Gasteiger partial charge >= 0.3 is 0 Å². The second kappa shape index (κ2) is 5.35. The van der Waals surface area contributed by atoms with E-state index in [4.69, 9.17) is 0 Å². The first-order valence-corrected chi connectivity index (χ1v) is 5.64. The van der Waals surface area contributed by atoms with Crippen LogP contribution in [0.3, 0.4) is 0 Å². The zero-order valence-electron chi connectivity index (χ0n) is 10.7. The minimum Gasteiger partial charge on any atom is -0.369 e. The van der Waals surface area contributed by atoms with Crippen molar-refractivity contribution in [1.82, 2.24) is 19.9 Å². The molecule has 1 aromatic carbocycles. The monoisotopic (exact) mass is 241 g/mol. The van der Waals surface area contributed by atoms with Crippen LogP contribution in [0.15, 0.2) is 35.3 Å². The van der Waals surface area contributed by atoms with Crippen molar-refractivity contribution in [2.45, 2.75) is 6.92 Å². The lowest BCUT2D eigenvalue weighted by Gasteiger charge is -2.04. The lowest BCUT2D eigenvalue weighted by atomic mass is 10.2. The molecule has 0 aliphatic rings. The third-order valence-corrected chi connectivity index (χ3v) is 2.17. The number of aryl methyl sites for hydroxylation is 1. The molecular formula is C13H15N5. The highest BCUT2D eigenvalue weighted by molar-refractivity contribution is 5.59. The van der Waals surface area contributed by atoms with E-state index in [1.54, 1.807) is 6.34 Å². The Balaban J connectivity index is 2.38. The molecule has 5 nitrogen and oxygen atoms in total. The first kappa shape index (κ1) is 12.2. The highest BCUT2D eigenvalue weighted by Crippen LogP contribution is 2.16. The van der Waals surface area contributed by atoms with E-state index in [2.05, 4.69) is 19.9 Å². The molecule has 1 heterocycles. The maximum atomic E-state index is 4.33. The van der Waals surface area contributed by atoms with Crippen molar-refractivity contribution in [3.63, 3.8) is 0 Å². The Bertz CT molecular complexity index is 549. The molecule has 1 aromatic heterocycles. The maximum Gasteiger partial charge on any atom is 0.254 e. The van der Waals surface area contributed by atoms with Gasteiger partial charge in [0.1, 0.15) is 5.82 Å². The van der Waals surface area contributed by atoms with Crippen LogP contribution in [-0.2, 0) is 0 Å². The Morgan fingerprint density at radius 3 is 2.44 bits per heavy atom. The molecular weight excluding hydrogens is 226 g/mol. The largest absolute Gasteiger partial charge is 0.369 e. The van der Waals surface area contributed by atoms with Gasteiger partial charge in [-0.1, -0.05) is 30.3 Å². The average Bonchev–Trinajstić information content (AvgIpc) is 2.37. The molecule has 0 fully saturated rings. The zero-order chi connectivity index (χ0) is 13.0. The fourth-order valence-corrected chi connectivity index (χ4v) is 1.41. The quantitative estimate of drug-likeness (QED) is 0.609. The molecule has 0 spiro atoms. The molecule has 0 N–H and O–H groups in total. The highest BCUT2D eigenvalue weighted by Gasteiger charge is 2.04. The minimum atomic E-state index is 0.426. The van der Waals surface area contributed by atoms with E-state index >= 15 is 0 Å². The van der Waals surface area contributed by atoms with E-state index in [1.165, 1.54) is 0 Å². The summed E-state index contributed by atoms with van der Waals surface area (Å²) in [6.07, 6.45) is 1.67. The molecule has 92 valence electrons. The standard InChI is InChI=1S/C13H15N5/c1-10-15-12(11-7-5-4-6-8-11)17-13(16-10)14-9-18(2)3/h4-9H,1-3H3/b14-9+. The fraction of sp³-hybridized carbons (Fsp3) is 0.231. The van der Waals surface area contributed by atoms with Crippen molar-refractivity contribution in [3.8, 4) is 11.4 Å². The van der Waals surface area contributed by atoms with Crippen LogP contribution in [0.5, 0.6) is 0 Å². The predicted octanol–water partition coefficient (Wildman–Crippen LogP) is 2.07. The van der Waals surface area contributed by atoms with Crippen LogP contribution in [0.4, 0.5) is 5.95 Å². The van der Waals surface area contributed by atoms with E-state index in [0.717, 1.165) is 5.56 Å². The van der Waals surface area contributed by atoms with E-state index in [9.17, 15) is 0 Å². The number of aliphatic imine (C=N–C) groups is 1. The summed E-state index contributed by atoms with van der Waals surface area (Å²) in [5.74, 6) is 1.74. The van der Waals surface area contributed by atoms with Gasteiger partial charge in [0.25, 0.3) is 5.95 Å². The summed E-state index contributed by atoms with van der Waals surface area (Å²) in [5.41, 5.74) is 0.962. The molecule has 2 aromatic rings. The molecule has 18 heavy (non-hydrogen) atoms. The van der Waals surface area contributed by atoms with E-state index in [0.29, 0.717) is 17.6 Å². The van der Waals surface area contributed by atoms with Crippen molar-refractivity contribution in [2.75, 3.05) is 14.1 Å². The van der Waals surface area contributed by atoms with Gasteiger partial charge in [0.05, 0.1) is 6.34 Å². The number of aromatic nitrogens is 3. The van der Waals surface area contributed by atoms with Crippen LogP contribution in [0.25, 0.3) is 11.4 Å². The molecule has 0 atom stereocenters. The van der Waals surface area contributed by atoms with E-state index < -0.39 is 0 Å². The normalized spacial score (nSPS) is 10.8. The number of benzene rings is 1. The molecule has 2 rings (SSSR count). The van der Waals surface area contributed by atoms with Crippen molar-refractivity contribution in [1.29, 1.82) is 0 Å². The predicted molar refractivity (Wildman–Crippen MR) is 71.8 cm³/mol. The summed E-state index contributed by atoms with van der Waals surface area (Å²) in [6.45, 7) is 1.84. The molecule has 5 heteroatoms. The van der Waals surface area contributed by atoms with Gasteiger partial charge in [-0.15, -0.1) is 0 Å². The molecule has 0 radical (unpaired) electrons. The number of rotatable bonds is 3. The van der Waals surface area contributed by atoms with Gasteiger partial charge in [0, 0.05) is 19.7 Å². The third kappa shape index (κ3) is 3.10. The number of hydrogen-bond donors (Lipinski definition) is 0. The molecule has 0 aliphatic heterocycles. The topological polar surface area (TPSA) is 54.3 Å². The molecule has 0 bridgehead atoms. The van der Waals surface area contributed by atoms with Gasteiger partial charge in [0.2, 0.25) is 0 Å². The van der Waals surface area contributed by atoms with Gasteiger partial charge in [-0.25, -0.2) is 9.98 Å². The summed E-state index contributed by atoms with van der Waals surface area (Å²) >= 11 is 0. The van der Waals surface area contributed by atoms with Crippen molar-refractivity contribution < 1.29 is 0 Å². The van der Waals surface area contributed by atoms with Gasteiger partial charge in [-0.3, -0.25) is 0 Å². The van der Waals surface area contributed by atoms with Crippen molar-refractivity contribution >= 4 is 12.3 Å². The summed E-state index contributed by atoms with van der Waals surface area (Å²) < 4.78 is 0. The van der Waals surface area contributed by atoms with E-state index in [1.807, 2.05) is 56.3 Å². The molecule has 0 amide bonds. The van der Waals surface area contributed by atoms with Crippen LogP contribution < -0.4 is 0 Å². The first-order valence-electron chi connectivity index (χ1n) is 5.64. The van der Waals surface area contributed by atoms with Crippen LogP contribution in [0.1, 0.15) is 5.82 Å². The van der Waals surface area contributed by atoms with Gasteiger partial charge in [-0.05, 0) is 6.92 Å². The van der Waals surface area contributed by atoms with Crippen LogP contribution in [0, 0.1) is 6.92 Å². The minimum absolute atomic E-state index is 0.426. The average molecular weight is 241 g/mol. The van der Waals surface area contributed by atoms with Crippen molar-refractivity contribution in [2.24, 2.45) is 4.99 Å². The zero-order valence-corrected chi connectivity index (χ0v) is 10.7. The summed E-state index contributed by atoms with van der Waals surface area (Å²) in [7, 11) is 3.80. The molecule has 0 saturated heterocycles. The van der Waals surface area contributed by atoms with Gasteiger partial charge in [0.15, 0.2) is 5.82 Å². The summed E-state index contributed by atoms with van der Waals surface area (Å²) in [4.78, 5) is 18.9. The number of hydrogen-bond acceptors (Lipinski definition) is 4. The lowest BCUT2D eigenvalue weighted by molar-refractivity contribution is 0.642. The van der Waals surface area contributed by atoms with Crippen LogP contribution in [0.2, 0.25) is 0 Å². The lowest BCUT2D eigenvalue weighted by Crippen LogP contribution is -2.07. The molecule has 0 saturated carbocycles. The first-order chi connectivity index (χ1) is 8.65. The Morgan fingerprint density at radius 1 is 1.06 bits per heavy atom. The van der Waals surface area contributed by atoms with E-state index in [-0.39, 0.29) is 0 Å². The SMILES string of the molecule is Cc1nc(/N=C/N(C)C)nc(-c2ccccc2)n1. The second-order valence-electron chi connectivity index (χ2n) is 4.08. The van der Waals surface area contributed by atoms with Gasteiger partial charge < -0.3 is 4.90 Å². The van der Waals surface area contributed by atoms with Crippen LogP contribution in [-0.4, -0.2) is 40.3 Å². The number of nitrogens with zero attached hydrogens (tertiary/aromatic N) is 5. The van der Waals surface area contributed by atoms with Crippen LogP contribution >= 0.6 is 0 Å². The van der Waals surface area contributed by atoms with Crippen molar-refractivity contribution in [3.05, 3.63) is 36.2 Å².